The monoisotopic (exact) mass is 319 g/mol. The number of nitrogens with zero attached hydrogens (tertiary/aromatic N) is 2. The lowest BCUT2D eigenvalue weighted by Gasteiger charge is -2.20. The van der Waals surface area contributed by atoms with Crippen LogP contribution < -0.4 is 4.84 Å². The third kappa shape index (κ3) is 9.19. The number of halogens is 3. The maximum absolute atomic E-state index is 11.8. The Kier molecular flexibility index (Phi) is 11.2. The smallest absolute Gasteiger partial charge is 0.324 e. The van der Waals surface area contributed by atoms with Crippen molar-refractivity contribution in [2.24, 2.45) is 0 Å². The van der Waals surface area contributed by atoms with E-state index in [0.29, 0.717) is 19.5 Å². The van der Waals surface area contributed by atoms with Gasteiger partial charge in [-0.05, 0) is 54.6 Å². The summed E-state index contributed by atoms with van der Waals surface area (Å²) in [5.41, 5.74) is 0. The number of unbranched alkanes of at least 4 members (excludes halogenated alkanes) is 1. The van der Waals surface area contributed by atoms with Crippen molar-refractivity contribution in [2.75, 3.05) is 33.8 Å². The van der Waals surface area contributed by atoms with Gasteiger partial charge in [0.25, 0.3) is 0 Å². The van der Waals surface area contributed by atoms with Gasteiger partial charge in [-0.1, -0.05) is 0 Å². The predicted molar refractivity (Wildman–Crippen MR) is 74.6 cm³/mol. The number of carbonyl (C=O) groups is 1. The summed E-state index contributed by atoms with van der Waals surface area (Å²) >= 11 is 16.8. The molecule has 0 aliphatic heterocycles. The van der Waals surface area contributed by atoms with Gasteiger partial charge in [0.2, 0.25) is 0 Å². The SMILES string of the molecule is CN(Cl)CCOC(=O)[C@H](CCCCNCl)N(C)Cl. The van der Waals surface area contributed by atoms with Crippen LogP contribution in [0.1, 0.15) is 19.3 Å². The van der Waals surface area contributed by atoms with E-state index < -0.39 is 6.04 Å². The van der Waals surface area contributed by atoms with Gasteiger partial charge >= 0.3 is 5.97 Å². The van der Waals surface area contributed by atoms with Crippen LogP contribution >= 0.6 is 35.3 Å². The van der Waals surface area contributed by atoms with E-state index in [0.717, 1.165) is 12.8 Å². The molecule has 0 saturated heterocycles. The van der Waals surface area contributed by atoms with Crippen molar-refractivity contribution in [1.29, 1.82) is 0 Å². The Bertz CT molecular complexity index is 230. The van der Waals surface area contributed by atoms with Crippen LogP contribution in [0.2, 0.25) is 0 Å². The van der Waals surface area contributed by atoms with Crippen molar-refractivity contribution in [3.05, 3.63) is 0 Å². The Labute approximate surface area is 124 Å². The molecule has 5 nitrogen and oxygen atoms in total. The van der Waals surface area contributed by atoms with Gasteiger partial charge in [0.15, 0.2) is 0 Å². The first-order valence-corrected chi connectivity index (χ1v) is 6.80. The van der Waals surface area contributed by atoms with Crippen LogP contribution in [-0.2, 0) is 9.53 Å². The van der Waals surface area contributed by atoms with Crippen LogP contribution in [-0.4, -0.2) is 54.6 Å². The molecule has 0 heterocycles. The Morgan fingerprint density at radius 3 is 2.50 bits per heavy atom. The van der Waals surface area contributed by atoms with Crippen LogP contribution in [0.15, 0.2) is 0 Å². The molecule has 0 saturated carbocycles. The summed E-state index contributed by atoms with van der Waals surface area (Å²) in [6.45, 7) is 1.43. The second kappa shape index (κ2) is 11.1. The number of rotatable bonds is 10. The molecular formula is C10H20Cl3N3O2. The number of ether oxygens (including phenoxy) is 1. The number of likely N-dealkylation sites (N-methyl/N-ethyl adjacent to an activating group) is 2. The zero-order valence-electron chi connectivity index (χ0n) is 10.7. The molecule has 8 heteroatoms. The number of carbonyl (C=O) groups excluding carboxylic acids is 1. The zero-order valence-corrected chi connectivity index (χ0v) is 12.9. The molecule has 0 radical (unpaired) electrons. The summed E-state index contributed by atoms with van der Waals surface area (Å²) in [5, 5.41) is 0. The summed E-state index contributed by atoms with van der Waals surface area (Å²) in [7, 11) is 3.33. The normalized spacial score (nSPS) is 13.1. The molecule has 0 amide bonds. The molecule has 0 aliphatic carbocycles. The van der Waals surface area contributed by atoms with Gasteiger partial charge in [-0.25, -0.2) is 13.7 Å². The second-order valence-electron chi connectivity index (χ2n) is 3.92. The first-order chi connectivity index (χ1) is 8.49. The third-order valence-electron chi connectivity index (χ3n) is 2.34. The summed E-state index contributed by atoms with van der Waals surface area (Å²) in [5.74, 6) is -0.329. The minimum atomic E-state index is -0.442. The third-order valence-corrected chi connectivity index (χ3v) is 2.94. The maximum atomic E-state index is 11.8. The van der Waals surface area contributed by atoms with Crippen molar-refractivity contribution in [3.8, 4) is 0 Å². The van der Waals surface area contributed by atoms with Gasteiger partial charge in [-0.2, -0.15) is 0 Å². The van der Waals surface area contributed by atoms with E-state index in [1.165, 1.54) is 8.84 Å². The minimum absolute atomic E-state index is 0.253. The van der Waals surface area contributed by atoms with E-state index in [2.05, 4.69) is 4.84 Å². The van der Waals surface area contributed by atoms with Gasteiger partial charge in [-0.3, -0.25) is 4.79 Å². The Morgan fingerprint density at radius 1 is 1.33 bits per heavy atom. The lowest BCUT2D eigenvalue weighted by Crippen LogP contribution is -2.35. The van der Waals surface area contributed by atoms with Crippen LogP contribution in [0.4, 0.5) is 0 Å². The first-order valence-electron chi connectivity index (χ1n) is 5.74. The summed E-state index contributed by atoms with van der Waals surface area (Å²) < 4.78 is 7.88. The van der Waals surface area contributed by atoms with Crippen molar-refractivity contribution in [1.82, 2.24) is 13.7 Å². The fourth-order valence-corrected chi connectivity index (χ4v) is 1.72. The highest BCUT2D eigenvalue weighted by Crippen LogP contribution is 2.11. The quantitative estimate of drug-likeness (QED) is 0.379. The highest BCUT2D eigenvalue weighted by molar-refractivity contribution is 6.14. The van der Waals surface area contributed by atoms with Gasteiger partial charge in [0.1, 0.15) is 12.6 Å². The highest BCUT2D eigenvalue weighted by Gasteiger charge is 2.23. The van der Waals surface area contributed by atoms with E-state index in [9.17, 15) is 4.79 Å². The molecule has 18 heavy (non-hydrogen) atoms. The molecule has 0 rings (SSSR count). The van der Waals surface area contributed by atoms with Crippen LogP contribution in [0, 0.1) is 0 Å². The highest BCUT2D eigenvalue weighted by atomic mass is 35.5. The molecule has 0 fully saturated rings. The minimum Gasteiger partial charge on any atom is -0.463 e. The van der Waals surface area contributed by atoms with Crippen LogP contribution in [0.5, 0.6) is 0 Å². The van der Waals surface area contributed by atoms with E-state index in [1.54, 1.807) is 14.1 Å². The summed E-state index contributed by atoms with van der Waals surface area (Å²) in [6.07, 6.45) is 2.35. The lowest BCUT2D eigenvalue weighted by molar-refractivity contribution is -0.148. The zero-order chi connectivity index (χ0) is 14.0. The average Bonchev–Trinajstić information content (AvgIpc) is 2.27. The van der Waals surface area contributed by atoms with E-state index in [-0.39, 0.29) is 12.6 Å². The molecule has 108 valence electrons. The fourth-order valence-electron chi connectivity index (χ4n) is 1.34. The molecule has 1 N–H and O–H groups in total. The Hall–Kier alpha value is 0.220. The molecular weight excluding hydrogens is 300 g/mol. The number of hydrogen-bond donors (Lipinski definition) is 1. The van der Waals surface area contributed by atoms with Gasteiger partial charge in [-0.15, -0.1) is 0 Å². The van der Waals surface area contributed by atoms with Crippen molar-refractivity contribution in [3.63, 3.8) is 0 Å². The van der Waals surface area contributed by atoms with Crippen molar-refractivity contribution >= 4 is 41.3 Å². The molecule has 0 aromatic heterocycles. The number of nitrogens with one attached hydrogen (secondary N) is 1. The largest absolute Gasteiger partial charge is 0.463 e. The maximum Gasteiger partial charge on any atom is 0.324 e. The molecule has 0 spiro atoms. The number of hydrogen-bond acceptors (Lipinski definition) is 5. The van der Waals surface area contributed by atoms with E-state index >= 15 is 0 Å². The lowest BCUT2D eigenvalue weighted by atomic mass is 10.1. The van der Waals surface area contributed by atoms with Crippen LogP contribution in [0.3, 0.4) is 0 Å². The topological polar surface area (TPSA) is 44.8 Å². The average molecular weight is 321 g/mol. The van der Waals surface area contributed by atoms with E-state index in [4.69, 9.17) is 40.1 Å². The van der Waals surface area contributed by atoms with Crippen LogP contribution in [0.25, 0.3) is 0 Å². The Morgan fingerprint density at radius 2 is 2.00 bits per heavy atom. The molecule has 0 aromatic rings. The van der Waals surface area contributed by atoms with Crippen molar-refractivity contribution < 1.29 is 9.53 Å². The van der Waals surface area contributed by atoms with Gasteiger partial charge in [0.05, 0.1) is 0 Å². The standard InChI is InChI=1S/C10H20Cl3N3O2/c1-15(12)7-8-18-10(17)9(16(2)13)5-3-4-6-14-11/h9,14H,3-8H2,1-2H3/t9-/m0/s1. The molecule has 0 aromatic carbocycles. The first kappa shape index (κ1) is 18.2. The van der Waals surface area contributed by atoms with Gasteiger partial charge < -0.3 is 4.74 Å². The molecule has 0 bridgehead atoms. The molecule has 1 atom stereocenters. The van der Waals surface area contributed by atoms with Crippen molar-refractivity contribution in [2.45, 2.75) is 25.3 Å². The number of esters is 1. The second-order valence-corrected chi connectivity index (χ2v) is 5.29. The Balaban J connectivity index is 3.95. The van der Waals surface area contributed by atoms with Gasteiger partial charge in [0, 0.05) is 27.2 Å². The van der Waals surface area contributed by atoms with E-state index in [1.807, 2.05) is 0 Å². The molecule has 0 aliphatic rings. The summed E-state index contributed by atoms with van der Waals surface area (Å²) in [6, 6.07) is -0.442. The fraction of sp³-hybridized carbons (Fsp3) is 0.900. The predicted octanol–water partition coefficient (Wildman–Crippen LogP) is 1.98. The molecule has 0 unspecified atom stereocenters. The summed E-state index contributed by atoms with van der Waals surface area (Å²) in [4.78, 5) is 14.3.